The van der Waals surface area contributed by atoms with E-state index in [4.69, 9.17) is 15.7 Å². The van der Waals surface area contributed by atoms with Crippen LogP contribution in [0.3, 0.4) is 0 Å². The lowest BCUT2D eigenvalue weighted by Crippen LogP contribution is -2.16. The molecule has 0 spiro atoms. The molecular formula is C17H19N5O3S. The van der Waals surface area contributed by atoms with Crippen LogP contribution in [-0.2, 0) is 11.3 Å². The van der Waals surface area contributed by atoms with Gasteiger partial charge < -0.3 is 4.74 Å². The Labute approximate surface area is 154 Å². The van der Waals surface area contributed by atoms with Crippen LogP contribution in [0.25, 0.3) is 5.69 Å². The molecule has 3 rings (SSSR count). The van der Waals surface area contributed by atoms with Gasteiger partial charge in [0.05, 0.1) is 18.0 Å². The van der Waals surface area contributed by atoms with Crippen LogP contribution in [0, 0.1) is 19.3 Å². The van der Waals surface area contributed by atoms with Crippen molar-refractivity contribution in [3.63, 3.8) is 0 Å². The highest BCUT2D eigenvalue weighted by molar-refractivity contribution is 7.80. The molecule has 8 nitrogen and oxygen atoms in total. The number of hydrogen-bond acceptors (Lipinski definition) is 5. The van der Waals surface area contributed by atoms with Crippen molar-refractivity contribution < 1.29 is 13.5 Å². The summed E-state index contributed by atoms with van der Waals surface area (Å²) in [5, 5.41) is 12.6. The maximum Gasteiger partial charge on any atom is 0.259 e. The number of hydrogen-bond donors (Lipinski definition) is 2. The minimum atomic E-state index is -2.10. The fourth-order valence-corrected chi connectivity index (χ4v) is 2.86. The number of nitrogens with zero attached hydrogens (tertiary/aromatic N) is 4. The predicted octanol–water partition coefficient (Wildman–Crippen LogP) is 3.07. The number of ether oxygens (including phenoxy) is 1. The molecule has 0 saturated heterocycles. The summed E-state index contributed by atoms with van der Waals surface area (Å²) in [5.41, 5.74) is 1.76. The van der Waals surface area contributed by atoms with Gasteiger partial charge in [-0.25, -0.2) is 8.89 Å². The number of benzene rings is 1. The molecule has 9 heteroatoms. The van der Waals surface area contributed by atoms with E-state index in [-0.39, 0.29) is 5.66 Å². The molecule has 1 aliphatic heterocycles. The van der Waals surface area contributed by atoms with Crippen LogP contribution in [0.15, 0.2) is 40.6 Å². The highest BCUT2D eigenvalue weighted by Crippen LogP contribution is 2.36. The van der Waals surface area contributed by atoms with Gasteiger partial charge in [-0.15, -0.1) is 12.3 Å². The molecule has 2 heterocycles. The molecule has 0 amide bonds. The minimum Gasteiger partial charge on any atom is -0.477 e. The first kappa shape index (κ1) is 18.1. The van der Waals surface area contributed by atoms with E-state index in [0.717, 1.165) is 17.8 Å². The lowest BCUT2D eigenvalue weighted by molar-refractivity contribution is 0.267. The van der Waals surface area contributed by atoms with E-state index < -0.39 is 11.3 Å². The number of aromatic nitrogens is 2. The van der Waals surface area contributed by atoms with Crippen molar-refractivity contribution in [1.82, 2.24) is 9.78 Å². The van der Waals surface area contributed by atoms with E-state index in [1.54, 1.807) is 28.9 Å². The smallest absolute Gasteiger partial charge is 0.259 e. The lowest BCUT2D eigenvalue weighted by atomic mass is 10.1. The third-order valence-corrected chi connectivity index (χ3v) is 4.33. The van der Waals surface area contributed by atoms with Crippen molar-refractivity contribution in [1.29, 1.82) is 0 Å². The van der Waals surface area contributed by atoms with Crippen molar-refractivity contribution in [2.45, 2.75) is 31.8 Å². The number of aryl methyl sites for hydroxylation is 1. The Hall–Kier alpha value is -2.70. The quantitative estimate of drug-likeness (QED) is 0.521. The van der Waals surface area contributed by atoms with E-state index in [1.165, 1.54) is 0 Å². The van der Waals surface area contributed by atoms with Gasteiger partial charge in [0.1, 0.15) is 0 Å². The predicted molar refractivity (Wildman–Crippen MR) is 98.5 cm³/mol. The Morgan fingerprint density at radius 1 is 1.35 bits per heavy atom. The van der Waals surface area contributed by atoms with Crippen LogP contribution in [0.1, 0.15) is 25.0 Å². The summed E-state index contributed by atoms with van der Waals surface area (Å²) < 4.78 is 29.6. The van der Waals surface area contributed by atoms with Crippen molar-refractivity contribution in [2.75, 3.05) is 11.3 Å². The van der Waals surface area contributed by atoms with Crippen LogP contribution >= 0.6 is 0 Å². The zero-order valence-electron chi connectivity index (χ0n) is 14.3. The summed E-state index contributed by atoms with van der Waals surface area (Å²) in [6.45, 7) is 2.33. The first-order valence-electron chi connectivity index (χ1n) is 8.06. The van der Waals surface area contributed by atoms with Gasteiger partial charge in [0.25, 0.3) is 11.3 Å². The highest BCUT2D eigenvalue weighted by atomic mass is 32.2. The van der Waals surface area contributed by atoms with Crippen molar-refractivity contribution in [3.05, 3.63) is 36.0 Å². The Kier molecular flexibility index (Phi) is 5.35. The molecule has 26 heavy (non-hydrogen) atoms. The summed E-state index contributed by atoms with van der Waals surface area (Å²) in [4.78, 5) is 0. The van der Waals surface area contributed by atoms with E-state index in [2.05, 4.69) is 26.0 Å². The summed E-state index contributed by atoms with van der Waals surface area (Å²) in [6.07, 6.45) is 7.35. The van der Waals surface area contributed by atoms with Crippen molar-refractivity contribution >= 4 is 17.0 Å². The second kappa shape index (κ2) is 7.68. The van der Waals surface area contributed by atoms with Crippen molar-refractivity contribution in [3.8, 4) is 23.9 Å². The first-order valence-corrected chi connectivity index (χ1v) is 9.17. The van der Waals surface area contributed by atoms with Crippen LogP contribution in [0.4, 0.5) is 5.69 Å². The van der Waals surface area contributed by atoms with E-state index in [9.17, 15) is 4.21 Å². The fraction of sp³-hybridized carbons (Fsp3) is 0.353. The molecule has 1 unspecified atom stereocenters. The topological polar surface area (TPSA) is 101 Å². The summed E-state index contributed by atoms with van der Waals surface area (Å²) in [6, 6.07) is 8.81. The summed E-state index contributed by atoms with van der Waals surface area (Å²) >= 11 is -2.10. The SMILES string of the molecule is C#CCCC1(CCOc2cc(C)nn2-c2ccc(NS(=O)O)cc2)N=N1. The molecule has 1 aliphatic rings. The lowest BCUT2D eigenvalue weighted by Gasteiger charge is -2.12. The summed E-state index contributed by atoms with van der Waals surface area (Å²) in [7, 11) is 0. The Balaban J connectivity index is 1.65. The average Bonchev–Trinajstić information content (AvgIpc) is 3.28. The number of terminal acetylenes is 1. The average molecular weight is 373 g/mol. The second-order valence-electron chi connectivity index (χ2n) is 5.92. The van der Waals surface area contributed by atoms with Gasteiger partial charge in [-0.1, -0.05) is 0 Å². The molecule has 136 valence electrons. The van der Waals surface area contributed by atoms with E-state index in [0.29, 0.717) is 31.0 Å². The molecule has 0 fully saturated rings. The maximum atomic E-state index is 10.8. The van der Waals surface area contributed by atoms with Gasteiger partial charge in [-0.3, -0.25) is 9.27 Å². The van der Waals surface area contributed by atoms with E-state index in [1.807, 2.05) is 13.0 Å². The minimum absolute atomic E-state index is 0.375. The van der Waals surface area contributed by atoms with Crippen LogP contribution in [0.2, 0.25) is 0 Å². The number of rotatable bonds is 9. The largest absolute Gasteiger partial charge is 0.477 e. The molecule has 1 aromatic carbocycles. The number of nitrogens with one attached hydrogen (secondary N) is 1. The van der Waals surface area contributed by atoms with Crippen LogP contribution < -0.4 is 9.46 Å². The number of anilines is 1. The Bertz CT molecular complexity index is 864. The Morgan fingerprint density at radius 2 is 2.08 bits per heavy atom. The molecule has 0 bridgehead atoms. The van der Waals surface area contributed by atoms with Crippen molar-refractivity contribution in [2.24, 2.45) is 10.2 Å². The van der Waals surface area contributed by atoms with Gasteiger partial charge in [-0.2, -0.15) is 15.3 Å². The second-order valence-corrected chi connectivity index (χ2v) is 6.62. The maximum absolute atomic E-state index is 10.8. The molecule has 1 aromatic heterocycles. The standard InChI is InChI=1S/C17H19N5O3S/c1-3-4-9-17(20-21-17)10-11-25-16-12-13(2)18-22(16)15-7-5-14(6-8-15)19-26(23)24/h1,5-8,12,19H,4,9-11H2,2H3,(H,23,24). The van der Waals surface area contributed by atoms with Crippen LogP contribution in [0.5, 0.6) is 5.88 Å². The summed E-state index contributed by atoms with van der Waals surface area (Å²) in [5.74, 6) is 3.22. The van der Waals surface area contributed by atoms with Gasteiger partial charge in [0.2, 0.25) is 5.88 Å². The first-order chi connectivity index (χ1) is 12.5. The van der Waals surface area contributed by atoms with Gasteiger partial charge in [0.15, 0.2) is 5.66 Å². The zero-order chi connectivity index (χ0) is 18.6. The third-order valence-electron chi connectivity index (χ3n) is 3.92. The third kappa shape index (κ3) is 4.47. The normalized spacial score (nSPS) is 15.3. The Morgan fingerprint density at radius 3 is 2.69 bits per heavy atom. The van der Waals surface area contributed by atoms with Gasteiger partial charge >= 0.3 is 0 Å². The highest BCUT2D eigenvalue weighted by Gasteiger charge is 2.39. The molecular weight excluding hydrogens is 354 g/mol. The van der Waals surface area contributed by atoms with Gasteiger partial charge in [0, 0.05) is 31.0 Å². The molecule has 0 saturated carbocycles. The molecule has 0 aliphatic carbocycles. The molecule has 2 N–H and O–H groups in total. The molecule has 0 radical (unpaired) electrons. The zero-order valence-corrected chi connectivity index (χ0v) is 15.1. The fourth-order valence-electron chi connectivity index (χ4n) is 2.52. The monoisotopic (exact) mass is 373 g/mol. The van der Waals surface area contributed by atoms with Crippen LogP contribution in [-0.4, -0.2) is 30.8 Å². The molecule has 1 atom stereocenters. The van der Waals surface area contributed by atoms with Gasteiger partial charge in [-0.05, 0) is 31.2 Å². The molecule has 2 aromatic rings. The van der Waals surface area contributed by atoms with E-state index >= 15 is 0 Å².